The van der Waals surface area contributed by atoms with Gasteiger partial charge in [-0.15, -0.1) is 0 Å². The highest BCUT2D eigenvalue weighted by Gasteiger charge is 2.13. The van der Waals surface area contributed by atoms with Crippen LogP contribution >= 0.6 is 11.6 Å². The molecule has 0 saturated heterocycles. The monoisotopic (exact) mass is 453 g/mol. The fraction of sp³-hybridized carbons (Fsp3) is 0.217. The zero-order valence-electron chi connectivity index (χ0n) is 17.8. The second-order valence-electron chi connectivity index (χ2n) is 6.84. The molecule has 8 nitrogen and oxygen atoms in total. The van der Waals surface area contributed by atoms with E-state index in [0.29, 0.717) is 28.7 Å². The maximum absolute atomic E-state index is 12.1. The normalized spacial score (nSPS) is 10.8. The summed E-state index contributed by atoms with van der Waals surface area (Å²) in [5.74, 6) is 0.0797. The molecule has 2 amide bonds. The number of benzene rings is 2. The molecule has 3 aromatic rings. The van der Waals surface area contributed by atoms with Crippen LogP contribution in [0, 0.1) is 6.92 Å². The molecule has 0 aliphatic heterocycles. The van der Waals surface area contributed by atoms with E-state index in [9.17, 15) is 9.59 Å². The topological polar surface area (TPSA) is 97.6 Å². The van der Waals surface area contributed by atoms with Crippen molar-refractivity contribution >= 4 is 35.3 Å². The zero-order valence-corrected chi connectivity index (χ0v) is 18.6. The molecule has 166 valence electrons. The van der Waals surface area contributed by atoms with E-state index in [0.717, 1.165) is 11.4 Å². The molecule has 1 aromatic heterocycles. The zero-order chi connectivity index (χ0) is 22.9. The quantitative estimate of drug-likeness (QED) is 0.376. The standard InChI is InChI=1S/C23H24ClN5O3/c1-3-32-19-11-9-17(10-12-19)26-21(30)13-14-22(31)27-25-15-20-16(2)28-29(23(20)24)18-7-5-4-6-8-18/h4-12,15H,3,13-14H2,1-2H3,(H,26,30)(H,27,31)/b25-15-. The largest absolute Gasteiger partial charge is 0.494 e. The number of carbonyl (C=O) groups excluding carboxylic acids is 2. The molecule has 2 N–H and O–H groups in total. The lowest BCUT2D eigenvalue weighted by Gasteiger charge is -2.07. The molecule has 3 rings (SSSR count). The fourth-order valence-electron chi connectivity index (χ4n) is 2.87. The average Bonchev–Trinajstić information content (AvgIpc) is 3.08. The first-order valence-electron chi connectivity index (χ1n) is 10.1. The average molecular weight is 454 g/mol. The van der Waals surface area contributed by atoms with E-state index in [1.165, 1.54) is 6.21 Å². The minimum Gasteiger partial charge on any atom is -0.494 e. The van der Waals surface area contributed by atoms with Crippen molar-refractivity contribution in [2.45, 2.75) is 26.7 Å². The van der Waals surface area contributed by atoms with Gasteiger partial charge in [0.05, 0.1) is 29.8 Å². The van der Waals surface area contributed by atoms with Gasteiger partial charge in [-0.05, 0) is 50.2 Å². The summed E-state index contributed by atoms with van der Waals surface area (Å²) < 4.78 is 6.96. The van der Waals surface area contributed by atoms with Crippen molar-refractivity contribution in [1.82, 2.24) is 15.2 Å². The predicted octanol–water partition coefficient (Wildman–Crippen LogP) is 4.10. The molecule has 0 aliphatic rings. The molecule has 2 aromatic carbocycles. The van der Waals surface area contributed by atoms with E-state index in [1.54, 1.807) is 35.9 Å². The molecule has 9 heteroatoms. The summed E-state index contributed by atoms with van der Waals surface area (Å²) in [4.78, 5) is 24.1. The van der Waals surface area contributed by atoms with Crippen molar-refractivity contribution in [1.29, 1.82) is 0 Å². The van der Waals surface area contributed by atoms with Crippen LogP contribution in [0.1, 0.15) is 31.0 Å². The number of hydrogen-bond acceptors (Lipinski definition) is 5. The first-order valence-corrected chi connectivity index (χ1v) is 10.5. The molecule has 1 heterocycles. The SMILES string of the molecule is CCOc1ccc(NC(=O)CCC(=O)N/N=C\c2c(C)nn(-c3ccccc3)c2Cl)cc1. The Morgan fingerprint density at radius 3 is 2.47 bits per heavy atom. The minimum absolute atomic E-state index is 0.00378. The van der Waals surface area contributed by atoms with Crippen LogP contribution in [0.4, 0.5) is 5.69 Å². The number of anilines is 1. The third-order valence-corrected chi connectivity index (χ3v) is 4.82. The van der Waals surface area contributed by atoms with E-state index < -0.39 is 0 Å². The summed E-state index contributed by atoms with van der Waals surface area (Å²) in [7, 11) is 0. The summed E-state index contributed by atoms with van der Waals surface area (Å²) >= 11 is 6.42. The van der Waals surface area contributed by atoms with Crippen LogP contribution in [0.5, 0.6) is 5.75 Å². The molecular formula is C23H24ClN5O3. The van der Waals surface area contributed by atoms with Crippen molar-refractivity contribution in [2.24, 2.45) is 5.10 Å². The first kappa shape index (κ1) is 23.0. The molecule has 0 radical (unpaired) electrons. The lowest BCUT2D eigenvalue weighted by atomic mass is 10.2. The molecule has 0 spiro atoms. The van der Waals surface area contributed by atoms with Crippen LogP contribution in [0.25, 0.3) is 5.69 Å². The fourth-order valence-corrected chi connectivity index (χ4v) is 3.20. The van der Waals surface area contributed by atoms with Crippen LogP contribution in [0.3, 0.4) is 0 Å². The Bertz CT molecular complexity index is 1090. The third-order valence-electron chi connectivity index (χ3n) is 4.46. The van der Waals surface area contributed by atoms with Gasteiger partial charge >= 0.3 is 0 Å². The Labute approximate surface area is 191 Å². The summed E-state index contributed by atoms with van der Waals surface area (Å²) in [6, 6.07) is 16.5. The second kappa shape index (κ2) is 11.1. The number of carbonyl (C=O) groups is 2. The molecule has 32 heavy (non-hydrogen) atoms. The number of nitrogens with one attached hydrogen (secondary N) is 2. The van der Waals surface area contributed by atoms with Crippen molar-refractivity contribution in [2.75, 3.05) is 11.9 Å². The van der Waals surface area contributed by atoms with Crippen molar-refractivity contribution in [3.63, 3.8) is 0 Å². The molecular weight excluding hydrogens is 430 g/mol. The summed E-state index contributed by atoms with van der Waals surface area (Å²) in [6.45, 7) is 4.28. The van der Waals surface area contributed by atoms with E-state index in [2.05, 4.69) is 20.9 Å². The maximum Gasteiger partial charge on any atom is 0.240 e. The van der Waals surface area contributed by atoms with Gasteiger partial charge in [-0.2, -0.15) is 10.2 Å². The number of nitrogens with zero attached hydrogens (tertiary/aromatic N) is 3. The van der Waals surface area contributed by atoms with Crippen LogP contribution in [0.2, 0.25) is 5.15 Å². The van der Waals surface area contributed by atoms with Gasteiger partial charge < -0.3 is 10.1 Å². The van der Waals surface area contributed by atoms with E-state index in [4.69, 9.17) is 16.3 Å². The summed E-state index contributed by atoms with van der Waals surface area (Å²) in [5, 5.41) is 11.5. The highest BCUT2D eigenvalue weighted by Crippen LogP contribution is 2.22. The number of amides is 2. The van der Waals surface area contributed by atoms with E-state index >= 15 is 0 Å². The van der Waals surface area contributed by atoms with Gasteiger partial charge in [-0.1, -0.05) is 29.8 Å². The number of ether oxygens (including phenoxy) is 1. The van der Waals surface area contributed by atoms with Crippen LogP contribution in [-0.2, 0) is 9.59 Å². The van der Waals surface area contributed by atoms with Gasteiger partial charge in [-0.25, -0.2) is 10.1 Å². The number of rotatable bonds is 9. The first-order chi connectivity index (χ1) is 15.5. The lowest BCUT2D eigenvalue weighted by Crippen LogP contribution is -2.20. The molecule has 0 saturated carbocycles. The van der Waals surface area contributed by atoms with Crippen molar-refractivity contribution in [3.8, 4) is 11.4 Å². The number of halogens is 1. The smallest absolute Gasteiger partial charge is 0.240 e. The maximum atomic E-state index is 12.1. The number of hydrazone groups is 1. The van der Waals surface area contributed by atoms with Gasteiger partial charge in [0, 0.05) is 18.5 Å². The number of aromatic nitrogens is 2. The van der Waals surface area contributed by atoms with Crippen LogP contribution in [0.15, 0.2) is 59.7 Å². The van der Waals surface area contributed by atoms with E-state index in [1.807, 2.05) is 37.3 Å². The van der Waals surface area contributed by atoms with E-state index in [-0.39, 0.29) is 24.7 Å². The van der Waals surface area contributed by atoms with Crippen LogP contribution in [-0.4, -0.2) is 34.4 Å². The molecule has 0 fully saturated rings. The Kier molecular flexibility index (Phi) is 7.99. The highest BCUT2D eigenvalue weighted by molar-refractivity contribution is 6.32. The minimum atomic E-state index is -0.382. The van der Waals surface area contributed by atoms with Gasteiger partial charge in [0.2, 0.25) is 11.8 Å². The highest BCUT2D eigenvalue weighted by atomic mass is 35.5. The Hall–Kier alpha value is -3.65. The number of para-hydroxylation sites is 1. The van der Waals surface area contributed by atoms with Gasteiger partial charge in [0.15, 0.2) is 0 Å². The molecule has 0 aliphatic carbocycles. The Morgan fingerprint density at radius 2 is 1.78 bits per heavy atom. The van der Waals surface area contributed by atoms with Crippen molar-refractivity contribution < 1.29 is 14.3 Å². The molecule has 0 atom stereocenters. The van der Waals surface area contributed by atoms with Gasteiger partial charge in [-0.3, -0.25) is 9.59 Å². The molecule has 0 unspecified atom stereocenters. The molecule has 0 bridgehead atoms. The predicted molar refractivity (Wildman–Crippen MR) is 125 cm³/mol. The number of hydrogen-bond donors (Lipinski definition) is 2. The Morgan fingerprint density at radius 1 is 1.09 bits per heavy atom. The summed E-state index contributed by atoms with van der Waals surface area (Å²) in [6.07, 6.45) is 1.47. The third kappa shape index (κ3) is 6.18. The van der Waals surface area contributed by atoms with Crippen molar-refractivity contribution in [3.05, 3.63) is 71.0 Å². The number of aryl methyl sites for hydroxylation is 1. The Balaban J connectivity index is 1.48. The lowest BCUT2D eigenvalue weighted by molar-refractivity contribution is -0.124. The summed E-state index contributed by atoms with van der Waals surface area (Å²) in [5.41, 5.74) is 5.15. The van der Waals surface area contributed by atoms with Gasteiger partial charge in [0.1, 0.15) is 10.9 Å². The second-order valence-corrected chi connectivity index (χ2v) is 7.19. The van der Waals surface area contributed by atoms with Crippen LogP contribution < -0.4 is 15.5 Å². The van der Waals surface area contributed by atoms with Gasteiger partial charge in [0.25, 0.3) is 0 Å².